The van der Waals surface area contributed by atoms with Gasteiger partial charge in [0.25, 0.3) is 0 Å². The minimum Gasteiger partial charge on any atom is -0.383 e. The van der Waals surface area contributed by atoms with Gasteiger partial charge in [0.1, 0.15) is 5.16 Å². The quantitative estimate of drug-likeness (QED) is 0.741. The Bertz CT molecular complexity index is 544. The summed E-state index contributed by atoms with van der Waals surface area (Å²) in [5, 5.41) is 1.97. The lowest BCUT2D eigenvalue weighted by atomic mass is 9.99. The number of benzene rings is 1. The molecule has 1 unspecified atom stereocenters. The Hall–Kier alpha value is -1.35. The van der Waals surface area contributed by atoms with Crippen LogP contribution in [-0.2, 0) is 4.57 Å². The van der Waals surface area contributed by atoms with Crippen molar-refractivity contribution in [3.05, 3.63) is 54.1 Å². The molecule has 102 valence electrons. The van der Waals surface area contributed by atoms with Gasteiger partial charge >= 0.3 is 7.60 Å². The van der Waals surface area contributed by atoms with Crippen LogP contribution >= 0.6 is 7.60 Å². The minimum absolute atomic E-state index is 0.210. The third kappa shape index (κ3) is 3.16. The van der Waals surface area contributed by atoms with Crippen molar-refractivity contribution in [2.75, 3.05) is 11.9 Å². The Kier molecular flexibility index (Phi) is 3.95. The first-order valence-electron chi connectivity index (χ1n) is 6.14. The molecule has 5 heteroatoms. The second-order valence-corrected chi connectivity index (χ2v) is 6.84. The van der Waals surface area contributed by atoms with Gasteiger partial charge in [-0.2, -0.15) is 0 Å². The van der Waals surface area contributed by atoms with Crippen molar-refractivity contribution >= 4 is 13.3 Å². The molecule has 1 aliphatic rings. The molecule has 0 bridgehead atoms. The van der Waals surface area contributed by atoms with Crippen LogP contribution in [0.15, 0.2) is 48.6 Å². The zero-order valence-corrected chi connectivity index (χ0v) is 11.7. The van der Waals surface area contributed by atoms with Gasteiger partial charge in [0.2, 0.25) is 0 Å². The van der Waals surface area contributed by atoms with E-state index < -0.39 is 12.8 Å². The predicted molar refractivity (Wildman–Crippen MR) is 77.3 cm³/mol. The van der Waals surface area contributed by atoms with Gasteiger partial charge in [0, 0.05) is 12.2 Å². The standard InChI is InChI=1S/C14H18NO3P/c1-12-5-7-13(8-6-12)15-11-14(19(16,17)18)9-3-2-4-10-14/h2-9,15H,10-11H2,1H3,(H2,16,17,18). The van der Waals surface area contributed by atoms with Crippen LogP contribution in [0.4, 0.5) is 5.69 Å². The van der Waals surface area contributed by atoms with Crippen LogP contribution in [-0.4, -0.2) is 21.5 Å². The molecule has 19 heavy (non-hydrogen) atoms. The van der Waals surface area contributed by atoms with Crippen molar-refractivity contribution in [2.24, 2.45) is 0 Å². The number of allylic oxidation sites excluding steroid dienone is 3. The Morgan fingerprint density at radius 3 is 2.47 bits per heavy atom. The third-order valence-corrected chi connectivity index (χ3v) is 5.01. The van der Waals surface area contributed by atoms with Crippen molar-refractivity contribution in [3.63, 3.8) is 0 Å². The second kappa shape index (κ2) is 5.33. The van der Waals surface area contributed by atoms with Gasteiger partial charge in [0.05, 0.1) is 0 Å². The van der Waals surface area contributed by atoms with E-state index in [1.807, 2.05) is 31.2 Å². The van der Waals surface area contributed by atoms with Gasteiger partial charge < -0.3 is 15.1 Å². The maximum Gasteiger partial charge on any atom is 0.337 e. The molecular formula is C14H18NO3P. The van der Waals surface area contributed by atoms with Crippen molar-refractivity contribution in [3.8, 4) is 0 Å². The first-order valence-corrected chi connectivity index (χ1v) is 7.75. The molecule has 2 rings (SSSR count). The van der Waals surface area contributed by atoms with Gasteiger partial charge in [-0.1, -0.05) is 42.0 Å². The van der Waals surface area contributed by atoms with E-state index >= 15 is 0 Å². The van der Waals surface area contributed by atoms with Crippen molar-refractivity contribution in [1.82, 2.24) is 0 Å². The zero-order valence-electron chi connectivity index (χ0n) is 10.8. The highest BCUT2D eigenvalue weighted by Crippen LogP contribution is 2.54. The Morgan fingerprint density at radius 2 is 1.95 bits per heavy atom. The van der Waals surface area contributed by atoms with E-state index in [2.05, 4.69) is 5.32 Å². The summed E-state index contributed by atoms with van der Waals surface area (Å²) in [7, 11) is -4.22. The van der Waals surface area contributed by atoms with E-state index in [1.165, 1.54) is 0 Å². The fourth-order valence-corrected chi connectivity index (χ4v) is 2.94. The average molecular weight is 279 g/mol. The van der Waals surface area contributed by atoms with Gasteiger partial charge in [0.15, 0.2) is 0 Å². The first-order chi connectivity index (χ1) is 8.93. The molecular weight excluding hydrogens is 261 g/mol. The molecule has 0 saturated carbocycles. The van der Waals surface area contributed by atoms with Crippen LogP contribution in [0.25, 0.3) is 0 Å². The maximum absolute atomic E-state index is 11.8. The van der Waals surface area contributed by atoms with Crippen molar-refractivity contribution < 1.29 is 14.4 Å². The maximum atomic E-state index is 11.8. The van der Waals surface area contributed by atoms with Crippen LogP contribution in [0, 0.1) is 6.92 Å². The summed E-state index contributed by atoms with van der Waals surface area (Å²) in [6.45, 7) is 2.21. The smallest absolute Gasteiger partial charge is 0.337 e. The monoisotopic (exact) mass is 279 g/mol. The average Bonchev–Trinajstić information content (AvgIpc) is 2.38. The number of hydrogen-bond donors (Lipinski definition) is 3. The van der Waals surface area contributed by atoms with Crippen LogP contribution < -0.4 is 5.32 Å². The Labute approximate surface area is 113 Å². The molecule has 0 radical (unpaired) electrons. The number of rotatable bonds is 4. The summed E-state index contributed by atoms with van der Waals surface area (Å²) < 4.78 is 11.8. The van der Waals surface area contributed by atoms with Gasteiger partial charge in [-0.3, -0.25) is 4.57 Å². The molecule has 0 saturated heterocycles. The summed E-state index contributed by atoms with van der Waals surface area (Å²) in [6, 6.07) is 7.74. The minimum atomic E-state index is -4.22. The first kappa shape index (κ1) is 14.1. The van der Waals surface area contributed by atoms with E-state index in [0.29, 0.717) is 6.42 Å². The molecule has 1 aromatic rings. The SMILES string of the molecule is Cc1ccc(NCC2(P(=O)(O)O)C=CC=CC2)cc1. The van der Waals surface area contributed by atoms with Crippen LogP contribution in [0.5, 0.6) is 0 Å². The zero-order chi connectivity index (χ0) is 13.9. The number of nitrogens with one attached hydrogen (secondary N) is 1. The highest BCUT2D eigenvalue weighted by Gasteiger charge is 2.44. The highest BCUT2D eigenvalue weighted by molar-refractivity contribution is 7.53. The molecule has 3 N–H and O–H groups in total. The molecule has 0 aromatic heterocycles. The lowest BCUT2D eigenvalue weighted by Gasteiger charge is -2.32. The second-order valence-electron chi connectivity index (χ2n) is 4.86. The van der Waals surface area contributed by atoms with E-state index in [1.54, 1.807) is 24.3 Å². The fourth-order valence-electron chi connectivity index (χ4n) is 2.03. The summed E-state index contributed by atoms with van der Waals surface area (Å²) in [4.78, 5) is 19.2. The van der Waals surface area contributed by atoms with E-state index in [-0.39, 0.29) is 6.54 Å². The molecule has 0 heterocycles. The van der Waals surface area contributed by atoms with Gasteiger partial charge in [-0.25, -0.2) is 0 Å². The molecule has 4 nitrogen and oxygen atoms in total. The summed E-state index contributed by atoms with van der Waals surface area (Å²) in [5.74, 6) is 0. The Morgan fingerprint density at radius 1 is 1.26 bits per heavy atom. The summed E-state index contributed by atoms with van der Waals surface area (Å²) in [6.07, 6.45) is 7.23. The van der Waals surface area contributed by atoms with E-state index in [9.17, 15) is 14.4 Å². The van der Waals surface area contributed by atoms with Gasteiger partial charge in [-0.15, -0.1) is 0 Å². The van der Waals surface area contributed by atoms with Crippen molar-refractivity contribution in [2.45, 2.75) is 18.5 Å². The van der Waals surface area contributed by atoms with Crippen molar-refractivity contribution in [1.29, 1.82) is 0 Å². The van der Waals surface area contributed by atoms with Crippen LogP contribution in [0.3, 0.4) is 0 Å². The van der Waals surface area contributed by atoms with E-state index in [4.69, 9.17) is 0 Å². The molecule has 1 atom stereocenters. The molecule has 1 aromatic carbocycles. The summed E-state index contributed by atoms with van der Waals surface area (Å²) in [5.41, 5.74) is 2.01. The largest absolute Gasteiger partial charge is 0.383 e. The molecule has 0 fully saturated rings. The highest BCUT2D eigenvalue weighted by atomic mass is 31.2. The topological polar surface area (TPSA) is 69.6 Å². The fraction of sp³-hybridized carbons (Fsp3) is 0.286. The molecule has 0 aliphatic heterocycles. The third-order valence-electron chi connectivity index (χ3n) is 3.36. The molecule has 0 amide bonds. The number of hydrogen-bond acceptors (Lipinski definition) is 2. The molecule has 1 aliphatic carbocycles. The van der Waals surface area contributed by atoms with Crippen LogP contribution in [0.2, 0.25) is 0 Å². The normalized spacial score (nSPS) is 22.5. The Balaban J connectivity index is 2.14. The predicted octanol–water partition coefficient (Wildman–Crippen LogP) is 2.84. The molecule has 0 spiro atoms. The number of anilines is 1. The number of aryl methyl sites for hydroxylation is 1. The lowest BCUT2D eigenvalue weighted by Crippen LogP contribution is -2.35. The van der Waals surface area contributed by atoms with Gasteiger partial charge in [-0.05, 0) is 25.5 Å². The summed E-state index contributed by atoms with van der Waals surface area (Å²) >= 11 is 0. The lowest BCUT2D eigenvalue weighted by molar-refractivity contribution is 0.342. The van der Waals surface area contributed by atoms with E-state index in [0.717, 1.165) is 11.3 Å². The van der Waals surface area contributed by atoms with Crippen LogP contribution in [0.1, 0.15) is 12.0 Å².